The van der Waals surface area contributed by atoms with Gasteiger partial charge in [0.05, 0.1) is 0 Å². The van der Waals surface area contributed by atoms with Gasteiger partial charge in [-0.1, -0.05) is 24.3 Å². The predicted molar refractivity (Wildman–Crippen MR) is 71.4 cm³/mol. The maximum absolute atomic E-state index is 5.75. The van der Waals surface area contributed by atoms with Crippen molar-refractivity contribution in [1.29, 1.82) is 0 Å². The number of nitrogens with two attached hydrogens (primary N) is 1. The first-order chi connectivity index (χ1) is 8.22. The van der Waals surface area contributed by atoms with Crippen LogP contribution in [0.1, 0.15) is 11.3 Å². The highest BCUT2D eigenvalue weighted by Crippen LogP contribution is 2.25. The molecule has 88 valence electrons. The van der Waals surface area contributed by atoms with Gasteiger partial charge in [-0.05, 0) is 30.7 Å². The van der Waals surface area contributed by atoms with Gasteiger partial charge in [-0.25, -0.2) is 4.98 Å². The van der Waals surface area contributed by atoms with Crippen molar-refractivity contribution in [3.05, 3.63) is 53.7 Å². The Morgan fingerprint density at radius 3 is 2.59 bits per heavy atom. The number of nitrogens with zero attached hydrogens (tertiary/aromatic N) is 2. The zero-order valence-corrected chi connectivity index (χ0v) is 10.2. The standard InChI is InChI=1S/C14H17N3/c1-11-6-5-9-14(16-11)17(2)13-8-4-3-7-12(13)10-15/h3-9H,10,15H2,1-2H3. The smallest absolute Gasteiger partial charge is 0.132 e. The lowest BCUT2D eigenvalue weighted by molar-refractivity contribution is 1.03. The third-order valence-corrected chi connectivity index (χ3v) is 2.79. The van der Waals surface area contributed by atoms with E-state index in [-0.39, 0.29) is 0 Å². The predicted octanol–water partition coefficient (Wildman–Crippen LogP) is 2.62. The van der Waals surface area contributed by atoms with Crippen molar-refractivity contribution < 1.29 is 0 Å². The number of para-hydroxylation sites is 1. The molecule has 0 saturated heterocycles. The molecule has 0 fully saturated rings. The molecule has 0 radical (unpaired) electrons. The Bertz CT molecular complexity index is 508. The normalized spacial score (nSPS) is 10.3. The van der Waals surface area contributed by atoms with Crippen molar-refractivity contribution >= 4 is 11.5 Å². The Hall–Kier alpha value is -1.87. The van der Waals surface area contributed by atoms with E-state index in [4.69, 9.17) is 5.73 Å². The van der Waals surface area contributed by atoms with Crippen LogP contribution in [0.15, 0.2) is 42.5 Å². The molecule has 3 heteroatoms. The van der Waals surface area contributed by atoms with Gasteiger partial charge in [0.25, 0.3) is 0 Å². The van der Waals surface area contributed by atoms with Gasteiger partial charge in [-0.3, -0.25) is 0 Å². The highest BCUT2D eigenvalue weighted by Gasteiger charge is 2.08. The largest absolute Gasteiger partial charge is 0.329 e. The Kier molecular flexibility index (Phi) is 3.40. The van der Waals surface area contributed by atoms with E-state index >= 15 is 0 Å². The zero-order chi connectivity index (χ0) is 12.3. The lowest BCUT2D eigenvalue weighted by Gasteiger charge is -2.21. The minimum absolute atomic E-state index is 0.534. The van der Waals surface area contributed by atoms with Crippen LogP contribution in [-0.2, 0) is 6.54 Å². The van der Waals surface area contributed by atoms with Gasteiger partial charge < -0.3 is 10.6 Å². The first-order valence-electron chi connectivity index (χ1n) is 5.67. The average molecular weight is 227 g/mol. The lowest BCUT2D eigenvalue weighted by atomic mass is 10.1. The molecule has 0 atom stereocenters. The summed E-state index contributed by atoms with van der Waals surface area (Å²) >= 11 is 0. The molecule has 17 heavy (non-hydrogen) atoms. The van der Waals surface area contributed by atoms with Crippen molar-refractivity contribution in [2.75, 3.05) is 11.9 Å². The monoisotopic (exact) mass is 227 g/mol. The number of aryl methyl sites for hydroxylation is 1. The van der Waals surface area contributed by atoms with Gasteiger partial charge in [-0.15, -0.1) is 0 Å². The molecule has 2 aromatic rings. The minimum Gasteiger partial charge on any atom is -0.329 e. The molecule has 0 bridgehead atoms. The van der Waals surface area contributed by atoms with E-state index in [1.54, 1.807) is 0 Å². The molecule has 2 rings (SSSR count). The van der Waals surface area contributed by atoms with Crippen LogP contribution in [0, 0.1) is 6.92 Å². The molecule has 0 aliphatic rings. The summed E-state index contributed by atoms with van der Waals surface area (Å²) in [5, 5.41) is 0. The van der Waals surface area contributed by atoms with Crippen molar-refractivity contribution in [3.8, 4) is 0 Å². The van der Waals surface area contributed by atoms with E-state index in [0.29, 0.717) is 6.54 Å². The Balaban J connectivity index is 2.40. The maximum atomic E-state index is 5.75. The fourth-order valence-electron chi connectivity index (χ4n) is 1.85. The second kappa shape index (κ2) is 4.97. The molecule has 0 aliphatic carbocycles. The molecule has 1 heterocycles. The molecule has 3 nitrogen and oxygen atoms in total. The van der Waals surface area contributed by atoms with Crippen LogP contribution in [-0.4, -0.2) is 12.0 Å². The highest BCUT2D eigenvalue weighted by molar-refractivity contribution is 5.63. The number of benzene rings is 1. The molecule has 0 amide bonds. The van der Waals surface area contributed by atoms with Crippen LogP contribution in [0.2, 0.25) is 0 Å². The van der Waals surface area contributed by atoms with E-state index in [1.807, 2.05) is 50.4 Å². The summed E-state index contributed by atoms with van der Waals surface area (Å²) in [7, 11) is 2.01. The van der Waals surface area contributed by atoms with E-state index in [1.165, 1.54) is 0 Å². The van der Waals surface area contributed by atoms with Crippen LogP contribution in [0.5, 0.6) is 0 Å². The number of hydrogen-bond acceptors (Lipinski definition) is 3. The highest BCUT2D eigenvalue weighted by atomic mass is 15.2. The summed E-state index contributed by atoms with van der Waals surface area (Å²) < 4.78 is 0. The van der Waals surface area contributed by atoms with E-state index in [0.717, 1.165) is 22.8 Å². The first kappa shape index (κ1) is 11.6. The van der Waals surface area contributed by atoms with E-state index in [9.17, 15) is 0 Å². The number of hydrogen-bond donors (Lipinski definition) is 1. The molecule has 0 unspecified atom stereocenters. The lowest BCUT2D eigenvalue weighted by Crippen LogP contribution is -2.14. The Morgan fingerprint density at radius 1 is 1.12 bits per heavy atom. The van der Waals surface area contributed by atoms with Crippen molar-refractivity contribution in [2.24, 2.45) is 5.73 Å². The van der Waals surface area contributed by atoms with E-state index in [2.05, 4.69) is 16.0 Å². The number of pyridine rings is 1. The molecule has 0 aliphatic heterocycles. The van der Waals surface area contributed by atoms with Crippen LogP contribution in [0.4, 0.5) is 11.5 Å². The van der Waals surface area contributed by atoms with Gasteiger partial charge >= 0.3 is 0 Å². The third kappa shape index (κ3) is 2.45. The van der Waals surface area contributed by atoms with Gasteiger partial charge in [0.1, 0.15) is 5.82 Å². The van der Waals surface area contributed by atoms with Crippen molar-refractivity contribution in [1.82, 2.24) is 4.98 Å². The fourth-order valence-corrected chi connectivity index (χ4v) is 1.85. The second-order valence-electron chi connectivity index (χ2n) is 4.03. The van der Waals surface area contributed by atoms with Crippen LogP contribution < -0.4 is 10.6 Å². The third-order valence-electron chi connectivity index (χ3n) is 2.79. The summed E-state index contributed by atoms with van der Waals surface area (Å²) in [4.78, 5) is 6.57. The minimum atomic E-state index is 0.534. The summed E-state index contributed by atoms with van der Waals surface area (Å²) in [6.07, 6.45) is 0. The SMILES string of the molecule is Cc1cccc(N(C)c2ccccc2CN)n1. The molecule has 1 aromatic heterocycles. The van der Waals surface area contributed by atoms with Crippen molar-refractivity contribution in [3.63, 3.8) is 0 Å². The van der Waals surface area contributed by atoms with Gasteiger partial charge in [0, 0.05) is 25.0 Å². The summed E-state index contributed by atoms with van der Waals surface area (Å²) in [5.41, 5.74) is 8.99. The number of rotatable bonds is 3. The number of anilines is 2. The Morgan fingerprint density at radius 2 is 1.88 bits per heavy atom. The van der Waals surface area contributed by atoms with Gasteiger partial charge in [0.2, 0.25) is 0 Å². The molecular formula is C14H17N3. The average Bonchev–Trinajstić information content (AvgIpc) is 2.38. The van der Waals surface area contributed by atoms with Crippen molar-refractivity contribution in [2.45, 2.75) is 13.5 Å². The van der Waals surface area contributed by atoms with Gasteiger partial charge in [0.15, 0.2) is 0 Å². The fraction of sp³-hybridized carbons (Fsp3) is 0.214. The summed E-state index contributed by atoms with van der Waals surface area (Å²) in [6.45, 7) is 2.53. The number of aromatic nitrogens is 1. The van der Waals surface area contributed by atoms with E-state index < -0.39 is 0 Å². The molecule has 0 saturated carbocycles. The Labute approximate surface area is 102 Å². The maximum Gasteiger partial charge on any atom is 0.132 e. The summed E-state index contributed by atoms with van der Waals surface area (Å²) in [5.74, 6) is 0.936. The summed E-state index contributed by atoms with van der Waals surface area (Å²) in [6, 6.07) is 14.1. The quantitative estimate of drug-likeness (QED) is 0.876. The zero-order valence-electron chi connectivity index (χ0n) is 10.2. The molecule has 1 aromatic carbocycles. The first-order valence-corrected chi connectivity index (χ1v) is 5.67. The van der Waals surface area contributed by atoms with Gasteiger partial charge in [-0.2, -0.15) is 0 Å². The van der Waals surface area contributed by atoms with Crippen LogP contribution in [0.3, 0.4) is 0 Å². The topological polar surface area (TPSA) is 42.1 Å². The van der Waals surface area contributed by atoms with Crippen LogP contribution in [0.25, 0.3) is 0 Å². The molecule has 2 N–H and O–H groups in total. The molecule has 0 spiro atoms. The molecular weight excluding hydrogens is 210 g/mol. The second-order valence-corrected chi connectivity index (χ2v) is 4.03. The van der Waals surface area contributed by atoms with Crippen LogP contribution >= 0.6 is 0 Å².